The molecular formula is C9H14N2O2. The highest BCUT2D eigenvalue weighted by Crippen LogP contribution is 2.24. The quantitative estimate of drug-likeness (QED) is 0.714. The summed E-state index contributed by atoms with van der Waals surface area (Å²) >= 11 is 0. The van der Waals surface area contributed by atoms with Gasteiger partial charge in [0, 0.05) is 12.3 Å². The van der Waals surface area contributed by atoms with E-state index >= 15 is 0 Å². The van der Waals surface area contributed by atoms with Crippen LogP contribution in [-0.2, 0) is 10.4 Å². The molecule has 4 heteroatoms. The Hall–Kier alpha value is -1.13. The molecule has 0 aliphatic carbocycles. The predicted molar refractivity (Wildman–Crippen MR) is 49.1 cm³/mol. The molecule has 0 aromatic carbocycles. The minimum atomic E-state index is -0.518. The van der Waals surface area contributed by atoms with Gasteiger partial charge in [0.2, 0.25) is 5.88 Å². The van der Waals surface area contributed by atoms with Crippen LogP contribution < -0.4 is 10.6 Å². The zero-order chi connectivity index (χ0) is 9.90. The minimum Gasteiger partial charge on any atom is -0.481 e. The van der Waals surface area contributed by atoms with Crippen LogP contribution in [0.15, 0.2) is 18.3 Å². The lowest BCUT2D eigenvalue weighted by Gasteiger charge is -2.22. The van der Waals surface area contributed by atoms with E-state index in [1.54, 1.807) is 19.4 Å². The molecule has 0 aliphatic heterocycles. The summed E-state index contributed by atoms with van der Waals surface area (Å²) in [6, 6.07) is 3.64. The third-order valence-electron chi connectivity index (χ3n) is 1.93. The number of methoxy groups -OCH3 is 1. The molecule has 1 rings (SSSR count). The van der Waals surface area contributed by atoms with E-state index in [4.69, 9.17) is 15.5 Å². The van der Waals surface area contributed by atoms with E-state index in [2.05, 4.69) is 4.98 Å². The van der Waals surface area contributed by atoms with Crippen LogP contribution in [-0.4, -0.2) is 12.1 Å². The molecule has 0 bridgehead atoms. The van der Waals surface area contributed by atoms with E-state index in [1.165, 1.54) is 0 Å². The fraction of sp³-hybridized carbons (Fsp3) is 0.444. The lowest BCUT2D eigenvalue weighted by Crippen LogP contribution is -2.25. The maximum Gasteiger partial charge on any atom is 0.213 e. The molecule has 0 saturated carbocycles. The molecule has 72 valence electrons. The summed E-state index contributed by atoms with van der Waals surface area (Å²) in [6.45, 7) is 3.75. The summed E-state index contributed by atoms with van der Waals surface area (Å²) in [6.07, 6.45) is 1.66. The lowest BCUT2D eigenvalue weighted by molar-refractivity contribution is -0.0238. The van der Waals surface area contributed by atoms with E-state index in [9.17, 15) is 0 Å². The second-order valence-corrected chi connectivity index (χ2v) is 3.22. The van der Waals surface area contributed by atoms with Gasteiger partial charge in [0.15, 0.2) is 0 Å². The molecule has 13 heavy (non-hydrogen) atoms. The Bertz CT molecular complexity index is 287. The van der Waals surface area contributed by atoms with Crippen molar-refractivity contribution in [3.05, 3.63) is 23.9 Å². The molecule has 1 heterocycles. The molecule has 0 fully saturated rings. The van der Waals surface area contributed by atoms with Crippen LogP contribution in [0.5, 0.6) is 5.88 Å². The van der Waals surface area contributed by atoms with E-state index in [-0.39, 0.29) is 0 Å². The Labute approximate surface area is 77.6 Å². The highest BCUT2D eigenvalue weighted by Gasteiger charge is 2.20. The fourth-order valence-corrected chi connectivity index (χ4v) is 0.964. The third kappa shape index (κ3) is 2.17. The summed E-state index contributed by atoms with van der Waals surface area (Å²) in [4.78, 5) is 8.83. The highest BCUT2D eigenvalue weighted by molar-refractivity contribution is 5.25. The van der Waals surface area contributed by atoms with Gasteiger partial charge < -0.3 is 4.74 Å². The first-order valence-corrected chi connectivity index (χ1v) is 3.98. The van der Waals surface area contributed by atoms with Crippen molar-refractivity contribution in [2.24, 2.45) is 5.90 Å². The number of hydrogen-bond acceptors (Lipinski definition) is 4. The standard InChI is InChI=1S/C9H14N2O2/c1-9(2,13-10)7-4-5-11-8(6-7)12-3/h4-6H,10H2,1-3H3. The average molecular weight is 182 g/mol. The average Bonchev–Trinajstić information content (AvgIpc) is 2.18. The summed E-state index contributed by atoms with van der Waals surface area (Å²) in [5.74, 6) is 5.73. The van der Waals surface area contributed by atoms with Crippen molar-refractivity contribution in [2.45, 2.75) is 19.4 Å². The van der Waals surface area contributed by atoms with Crippen molar-refractivity contribution in [2.75, 3.05) is 7.11 Å². The van der Waals surface area contributed by atoms with Gasteiger partial charge in [0.25, 0.3) is 0 Å². The van der Waals surface area contributed by atoms with Crippen molar-refractivity contribution in [3.63, 3.8) is 0 Å². The molecule has 1 aromatic heterocycles. The van der Waals surface area contributed by atoms with Crippen molar-refractivity contribution in [1.82, 2.24) is 4.98 Å². The van der Waals surface area contributed by atoms with Gasteiger partial charge >= 0.3 is 0 Å². The van der Waals surface area contributed by atoms with Gasteiger partial charge in [0.1, 0.15) is 5.60 Å². The fourth-order valence-electron chi connectivity index (χ4n) is 0.964. The maximum absolute atomic E-state index is 5.17. The summed E-state index contributed by atoms with van der Waals surface area (Å²) in [7, 11) is 1.57. The molecule has 4 nitrogen and oxygen atoms in total. The van der Waals surface area contributed by atoms with Crippen LogP contribution in [0.25, 0.3) is 0 Å². The zero-order valence-electron chi connectivity index (χ0n) is 8.07. The summed E-state index contributed by atoms with van der Waals surface area (Å²) in [5, 5.41) is 0. The Morgan fingerprint density at radius 3 is 2.69 bits per heavy atom. The van der Waals surface area contributed by atoms with E-state index in [0.29, 0.717) is 5.88 Å². The van der Waals surface area contributed by atoms with Crippen LogP contribution in [0.1, 0.15) is 19.4 Å². The molecule has 0 radical (unpaired) electrons. The van der Waals surface area contributed by atoms with Gasteiger partial charge in [-0.05, 0) is 25.5 Å². The van der Waals surface area contributed by atoms with Gasteiger partial charge in [-0.25, -0.2) is 10.9 Å². The maximum atomic E-state index is 5.17. The SMILES string of the molecule is COc1cc(C(C)(C)ON)ccn1. The monoisotopic (exact) mass is 182 g/mol. The highest BCUT2D eigenvalue weighted by atomic mass is 16.6. The number of aromatic nitrogens is 1. The molecular weight excluding hydrogens is 168 g/mol. The normalized spacial score (nSPS) is 11.4. The van der Waals surface area contributed by atoms with Gasteiger partial charge in [-0.3, -0.25) is 4.84 Å². The Balaban J connectivity index is 3.01. The van der Waals surface area contributed by atoms with E-state index in [1.807, 2.05) is 19.9 Å². The minimum absolute atomic E-state index is 0.518. The number of pyridine rings is 1. The van der Waals surface area contributed by atoms with Crippen molar-refractivity contribution in [3.8, 4) is 5.88 Å². The molecule has 0 spiro atoms. The summed E-state index contributed by atoms with van der Waals surface area (Å²) in [5.41, 5.74) is 0.415. The topological polar surface area (TPSA) is 57.4 Å². The van der Waals surface area contributed by atoms with Gasteiger partial charge in [-0.15, -0.1) is 0 Å². The van der Waals surface area contributed by atoms with Crippen LogP contribution >= 0.6 is 0 Å². The van der Waals surface area contributed by atoms with Gasteiger partial charge in [-0.1, -0.05) is 0 Å². The second kappa shape index (κ2) is 3.72. The predicted octanol–water partition coefficient (Wildman–Crippen LogP) is 1.22. The number of nitrogens with zero attached hydrogens (tertiary/aromatic N) is 1. The molecule has 0 unspecified atom stereocenters. The Morgan fingerprint density at radius 1 is 1.46 bits per heavy atom. The molecule has 0 saturated heterocycles. The van der Waals surface area contributed by atoms with Crippen molar-refractivity contribution in [1.29, 1.82) is 0 Å². The van der Waals surface area contributed by atoms with E-state index in [0.717, 1.165) is 5.56 Å². The third-order valence-corrected chi connectivity index (χ3v) is 1.93. The van der Waals surface area contributed by atoms with Crippen molar-refractivity contribution < 1.29 is 9.57 Å². The van der Waals surface area contributed by atoms with Crippen molar-refractivity contribution >= 4 is 0 Å². The molecule has 0 amide bonds. The van der Waals surface area contributed by atoms with E-state index < -0.39 is 5.60 Å². The number of nitrogens with two attached hydrogens (primary N) is 1. The number of rotatable bonds is 3. The second-order valence-electron chi connectivity index (χ2n) is 3.22. The zero-order valence-corrected chi connectivity index (χ0v) is 8.07. The van der Waals surface area contributed by atoms with Gasteiger partial charge in [0.05, 0.1) is 7.11 Å². The Kier molecular flexibility index (Phi) is 2.85. The molecule has 2 N–H and O–H groups in total. The smallest absolute Gasteiger partial charge is 0.213 e. The molecule has 0 aliphatic rings. The van der Waals surface area contributed by atoms with Crippen LogP contribution in [0.2, 0.25) is 0 Å². The summed E-state index contributed by atoms with van der Waals surface area (Å²) < 4.78 is 4.99. The van der Waals surface area contributed by atoms with Crippen LogP contribution in [0, 0.1) is 0 Å². The lowest BCUT2D eigenvalue weighted by atomic mass is 10.00. The first-order valence-electron chi connectivity index (χ1n) is 3.98. The Morgan fingerprint density at radius 2 is 2.15 bits per heavy atom. The first-order chi connectivity index (χ1) is 6.10. The van der Waals surface area contributed by atoms with Crippen LogP contribution in [0.4, 0.5) is 0 Å². The number of ether oxygens (including phenoxy) is 1. The van der Waals surface area contributed by atoms with Gasteiger partial charge in [-0.2, -0.15) is 0 Å². The van der Waals surface area contributed by atoms with Crippen LogP contribution in [0.3, 0.4) is 0 Å². The first kappa shape index (κ1) is 9.95. The largest absolute Gasteiger partial charge is 0.481 e. The number of hydrogen-bond donors (Lipinski definition) is 1. The molecule has 0 atom stereocenters. The molecule has 1 aromatic rings.